The van der Waals surface area contributed by atoms with Gasteiger partial charge in [-0.25, -0.2) is 4.99 Å². The summed E-state index contributed by atoms with van der Waals surface area (Å²) >= 11 is 6.15. The summed E-state index contributed by atoms with van der Waals surface area (Å²) in [6.45, 7) is 0. The van der Waals surface area contributed by atoms with Crippen molar-refractivity contribution in [1.29, 1.82) is 0 Å². The number of nitrogens with one attached hydrogen (secondary N) is 2. The molecule has 0 saturated heterocycles. The van der Waals surface area contributed by atoms with E-state index in [0.717, 1.165) is 50.0 Å². The first-order chi connectivity index (χ1) is 18.2. The van der Waals surface area contributed by atoms with E-state index in [9.17, 15) is 4.79 Å². The van der Waals surface area contributed by atoms with Gasteiger partial charge in [0.15, 0.2) is 0 Å². The third-order valence-corrected chi connectivity index (χ3v) is 7.24. The monoisotopic (exact) mass is 500 g/mol. The fourth-order valence-corrected chi connectivity index (χ4v) is 5.40. The van der Waals surface area contributed by atoms with Gasteiger partial charge in [0, 0.05) is 55.9 Å². The molecule has 2 aromatic heterocycles. The maximum atomic E-state index is 14.3. The minimum absolute atomic E-state index is 0.119. The standard InChI is InChI=1S/C31H21ClN4O/c32-20-15-13-19(14-16-20)31(37)36-28-12-6-5-11-27(28)35-29(23-17-33-25-9-3-1-7-21(23)25)30(36)24-18-34-26-10-4-2-8-22(24)26/h1-18,30,33-34H. The molecule has 1 unspecified atom stereocenters. The van der Waals surface area contributed by atoms with E-state index in [1.807, 2.05) is 78.0 Å². The third kappa shape index (κ3) is 3.47. The largest absolute Gasteiger partial charge is 0.361 e. The summed E-state index contributed by atoms with van der Waals surface area (Å²) in [6.07, 6.45) is 3.99. The van der Waals surface area contributed by atoms with Gasteiger partial charge in [0.1, 0.15) is 6.04 Å². The molecule has 7 rings (SSSR count). The molecule has 1 atom stereocenters. The van der Waals surface area contributed by atoms with Crippen molar-refractivity contribution in [3.8, 4) is 0 Å². The molecule has 6 aromatic rings. The highest BCUT2D eigenvalue weighted by Crippen LogP contribution is 2.45. The fraction of sp³-hybridized carbons (Fsp3) is 0.0323. The number of benzene rings is 4. The van der Waals surface area contributed by atoms with Gasteiger partial charge in [0.05, 0.1) is 17.1 Å². The van der Waals surface area contributed by atoms with E-state index >= 15 is 0 Å². The van der Waals surface area contributed by atoms with Gasteiger partial charge in [-0.05, 0) is 48.5 Å². The number of rotatable bonds is 3. The van der Waals surface area contributed by atoms with Crippen LogP contribution in [-0.2, 0) is 0 Å². The number of H-pyrrole nitrogens is 2. The quantitative estimate of drug-likeness (QED) is 0.255. The summed E-state index contributed by atoms with van der Waals surface area (Å²) < 4.78 is 0. The van der Waals surface area contributed by atoms with Gasteiger partial charge in [-0.3, -0.25) is 9.69 Å². The van der Waals surface area contributed by atoms with Gasteiger partial charge in [0.2, 0.25) is 0 Å². The van der Waals surface area contributed by atoms with E-state index < -0.39 is 6.04 Å². The molecule has 3 heterocycles. The highest BCUT2D eigenvalue weighted by molar-refractivity contribution is 6.30. The SMILES string of the molecule is O=C(c1ccc(Cl)cc1)N1c2ccccc2N=C(c2c[nH]c3ccccc23)C1c1c[nH]c2ccccc12. The smallest absolute Gasteiger partial charge is 0.259 e. The summed E-state index contributed by atoms with van der Waals surface area (Å²) in [6, 6.07) is 30.7. The summed E-state index contributed by atoms with van der Waals surface area (Å²) in [4.78, 5) is 28.2. The Kier molecular flexibility index (Phi) is 4.98. The molecular weight excluding hydrogens is 480 g/mol. The average molecular weight is 501 g/mol. The lowest BCUT2D eigenvalue weighted by molar-refractivity contribution is 0.0982. The Labute approximate surface area is 218 Å². The molecule has 1 aliphatic rings. The molecule has 0 saturated carbocycles. The van der Waals surface area contributed by atoms with E-state index in [1.165, 1.54) is 0 Å². The van der Waals surface area contributed by atoms with Crippen LogP contribution in [0.1, 0.15) is 27.5 Å². The molecule has 1 amide bonds. The molecule has 5 nitrogen and oxygen atoms in total. The van der Waals surface area contributed by atoms with Crippen molar-refractivity contribution in [3.63, 3.8) is 0 Å². The first kappa shape index (κ1) is 21.7. The molecule has 0 fully saturated rings. The lowest BCUT2D eigenvalue weighted by Crippen LogP contribution is -2.41. The van der Waals surface area contributed by atoms with Gasteiger partial charge < -0.3 is 9.97 Å². The number of hydrogen-bond acceptors (Lipinski definition) is 2. The number of nitrogens with zero attached hydrogens (tertiary/aromatic N) is 2. The molecule has 178 valence electrons. The van der Waals surface area contributed by atoms with Gasteiger partial charge >= 0.3 is 0 Å². The van der Waals surface area contributed by atoms with Gasteiger partial charge in [-0.2, -0.15) is 0 Å². The lowest BCUT2D eigenvalue weighted by atomic mass is 9.91. The second kappa shape index (κ2) is 8.50. The average Bonchev–Trinajstić information content (AvgIpc) is 3.56. The number of halogens is 1. The van der Waals surface area contributed by atoms with Crippen molar-refractivity contribution in [2.75, 3.05) is 4.90 Å². The molecular formula is C31H21ClN4O. The van der Waals surface area contributed by atoms with Crippen LogP contribution in [0.4, 0.5) is 11.4 Å². The molecule has 0 aliphatic carbocycles. The zero-order chi connectivity index (χ0) is 24.9. The number of hydrogen-bond donors (Lipinski definition) is 2. The number of carbonyl (C=O) groups excluding carboxylic acids is 1. The normalized spacial score (nSPS) is 15.1. The number of aromatic amines is 2. The summed E-state index contributed by atoms with van der Waals surface area (Å²) in [7, 11) is 0. The number of anilines is 1. The predicted molar refractivity (Wildman–Crippen MR) is 150 cm³/mol. The van der Waals surface area contributed by atoms with Crippen LogP contribution < -0.4 is 4.90 Å². The summed E-state index contributed by atoms with van der Waals surface area (Å²) in [5, 5.41) is 2.70. The molecule has 1 aliphatic heterocycles. The van der Waals surface area contributed by atoms with Crippen LogP contribution in [0.15, 0.2) is 114 Å². The Balaban J connectivity index is 1.52. The van der Waals surface area contributed by atoms with E-state index in [4.69, 9.17) is 16.6 Å². The van der Waals surface area contributed by atoms with Crippen LogP contribution in [0, 0.1) is 0 Å². The topological polar surface area (TPSA) is 64.2 Å². The maximum Gasteiger partial charge on any atom is 0.259 e. The highest BCUT2D eigenvalue weighted by atomic mass is 35.5. The fourth-order valence-electron chi connectivity index (χ4n) is 5.27. The van der Waals surface area contributed by atoms with Crippen LogP contribution in [0.5, 0.6) is 0 Å². The minimum Gasteiger partial charge on any atom is -0.361 e. The molecule has 6 heteroatoms. The molecule has 0 bridgehead atoms. The zero-order valence-corrected chi connectivity index (χ0v) is 20.4. The lowest BCUT2D eigenvalue weighted by Gasteiger charge is -2.37. The maximum absolute atomic E-state index is 14.3. The van der Waals surface area contributed by atoms with Crippen LogP contribution in [0.2, 0.25) is 5.02 Å². The van der Waals surface area contributed by atoms with Crippen LogP contribution in [0.25, 0.3) is 21.8 Å². The number of carbonyl (C=O) groups is 1. The number of aromatic nitrogens is 2. The first-order valence-corrected chi connectivity index (χ1v) is 12.5. The van der Waals surface area contributed by atoms with Gasteiger partial charge in [0.25, 0.3) is 5.91 Å². The molecule has 4 aromatic carbocycles. The van der Waals surface area contributed by atoms with Crippen molar-refractivity contribution < 1.29 is 4.79 Å². The summed E-state index contributed by atoms with van der Waals surface area (Å²) in [5.74, 6) is -0.119. The second-order valence-electron chi connectivity index (χ2n) is 9.11. The number of para-hydroxylation sites is 4. The van der Waals surface area contributed by atoms with Gasteiger partial charge in [-0.15, -0.1) is 0 Å². The van der Waals surface area contributed by atoms with Crippen molar-refractivity contribution in [3.05, 3.63) is 131 Å². The first-order valence-electron chi connectivity index (χ1n) is 12.1. The Morgan fingerprint density at radius 3 is 2.22 bits per heavy atom. The number of fused-ring (bicyclic) bond motifs is 3. The Morgan fingerprint density at radius 1 is 0.757 bits per heavy atom. The second-order valence-corrected chi connectivity index (χ2v) is 9.54. The predicted octanol–water partition coefficient (Wildman–Crippen LogP) is 7.83. The molecule has 37 heavy (non-hydrogen) atoms. The number of aliphatic imine (C=N–C) groups is 1. The van der Waals surface area contributed by atoms with Crippen molar-refractivity contribution in [2.45, 2.75) is 6.04 Å². The third-order valence-electron chi connectivity index (χ3n) is 6.99. The molecule has 0 radical (unpaired) electrons. The zero-order valence-electron chi connectivity index (χ0n) is 19.7. The molecule has 2 N–H and O–H groups in total. The summed E-state index contributed by atoms with van der Waals surface area (Å²) in [5.41, 5.74) is 6.86. The van der Waals surface area contributed by atoms with E-state index in [0.29, 0.717) is 10.6 Å². The van der Waals surface area contributed by atoms with Crippen molar-refractivity contribution in [1.82, 2.24) is 9.97 Å². The highest BCUT2D eigenvalue weighted by Gasteiger charge is 2.38. The Bertz CT molecular complexity index is 1830. The Hall–Kier alpha value is -4.61. The van der Waals surface area contributed by atoms with Crippen LogP contribution >= 0.6 is 11.6 Å². The van der Waals surface area contributed by atoms with Crippen LogP contribution in [0.3, 0.4) is 0 Å². The van der Waals surface area contributed by atoms with Gasteiger partial charge in [-0.1, -0.05) is 60.1 Å². The van der Waals surface area contributed by atoms with Crippen molar-refractivity contribution in [2.24, 2.45) is 4.99 Å². The van der Waals surface area contributed by atoms with Crippen LogP contribution in [-0.4, -0.2) is 21.6 Å². The van der Waals surface area contributed by atoms with E-state index in [2.05, 4.69) is 22.1 Å². The van der Waals surface area contributed by atoms with Crippen molar-refractivity contribution >= 4 is 56.4 Å². The van der Waals surface area contributed by atoms with E-state index in [1.54, 1.807) is 24.3 Å². The Morgan fingerprint density at radius 2 is 1.41 bits per heavy atom. The number of amides is 1. The minimum atomic E-state index is -0.464. The van der Waals surface area contributed by atoms with E-state index in [-0.39, 0.29) is 5.91 Å². The molecule has 0 spiro atoms.